The van der Waals surface area contributed by atoms with Gasteiger partial charge in [-0.2, -0.15) is 0 Å². The minimum atomic E-state index is -0.298. The number of nitrogens with zero attached hydrogens (tertiary/aromatic N) is 4. The van der Waals surface area contributed by atoms with Crippen LogP contribution in [0.15, 0.2) is 18.6 Å². The van der Waals surface area contributed by atoms with Gasteiger partial charge in [0.2, 0.25) is 5.91 Å². The van der Waals surface area contributed by atoms with Crippen molar-refractivity contribution in [1.82, 2.24) is 19.8 Å². The van der Waals surface area contributed by atoms with Gasteiger partial charge in [0.1, 0.15) is 0 Å². The number of piperidine rings is 1. The van der Waals surface area contributed by atoms with Crippen molar-refractivity contribution in [1.29, 1.82) is 0 Å². The first-order valence-corrected chi connectivity index (χ1v) is 8.96. The Labute approximate surface area is 146 Å². The molecule has 1 N–H and O–H groups in total. The van der Waals surface area contributed by atoms with E-state index < -0.39 is 0 Å². The number of anilines is 1. The van der Waals surface area contributed by atoms with Gasteiger partial charge in [0.25, 0.3) is 0 Å². The molecule has 1 aromatic heterocycles. The summed E-state index contributed by atoms with van der Waals surface area (Å²) in [6.07, 6.45) is 8.16. The highest BCUT2D eigenvalue weighted by Crippen LogP contribution is 2.33. The molecule has 0 radical (unpaired) electrons. The number of ether oxygens (including phenoxy) is 1. The monoisotopic (exact) mass is 345 g/mol. The number of nitrogens with one attached hydrogen (secondary N) is 1. The van der Waals surface area contributed by atoms with E-state index in [0.29, 0.717) is 25.4 Å². The van der Waals surface area contributed by atoms with Crippen LogP contribution < -0.4 is 5.32 Å². The van der Waals surface area contributed by atoms with E-state index in [1.54, 1.807) is 6.20 Å². The van der Waals surface area contributed by atoms with Crippen LogP contribution in [0.3, 0.4) is 0 Å². The Bertz CT molecular complexity index is 634. The highest BCUT2D eigenvalue weighted by Gasteiger charge is 2.45. The third-order valence-electron chi connectivity index (χ3n) is 5.32. The van der Waals surface area contributed by atoms with E-state index in [2.05, 4.69) is 15.3 Å². The van der Waals surface area contributed by atoms with E-state index >= 15 is 0 Å². The highest BCUT2D eigenvalue weighted by atomic mass is 16.5. The average molecular weight is 345 g/mol. The van der Waals surface area contributed by atoms with Gasteiger partial charge in [0.05, 0.1) is 24.3 Å². The number of hydrogen-bond acceptors (Lipinski definition) is 5. The second kappa shape index (κ2) is 6.95. The minimum Gasteiger partial charge on any atom is -0.376 e. The van der Waals surface area contributed by atoms with Gasteiger partial charge in [-0.05, 0) is 25.7 Å². The Morgan fingerprint density at radius 2 is 2.08 bits per heavy atom. The van der Waals surface area contributed by atoms with Gasteiger partial charge in [-0.25, -0.2) is 9.78 Å². The van der Waals surface area contributed by atoms with Crippen molar-refractivity contribution in [3.8, 4) is 0 Å². The molecule has 1 aromatic rings. The fourth-order valence-electron chi connectivity index (χ4n) is 4.04. The van der Waals surface area contributed by atoms with Gasteiger partial charge in [0.15, 0.2) is 5.82 Å². The Morgan fingerprint density at radius 1 is 1.24 bits per heavy atom. The maximum atomic E-state index is 12.9. The van der Waals surface area contributed by atoms with Crippen LogP contribution in [-0.4, -0.2) is 70.1 Å². The van der Waals surface area contributed by atoms with E-state index in [-0.39, 0.29) is 30.0 Å². The SMILES string of the molecule is O=C(Nc1cnccn1)[C@@H]1C[C@H]2OCC[C@H]2N(C(=O)N2CCCC2)C1. The number of carbonyl (C=O) groups is 2. The van der Waals surface area contributed by atoms with Crippen molar-refractivity contribution in [2.45, 2.75) is 37.8 Å². The number of amides is 3. The number of fused-ring (bicyclic) bond motifs is 1. The smallest absolute Gasteiger partial charge is 0.320 e. The minimum absolute atomic E-state index is 0.0509. The molecule has 0 unspecified atom stereocenters. The molecule has 3 fully saturated rings. The van der Waals surface area contributed by atoms with Crippen molar-refractivity contribution in [2.24, 2.45) is 5.92 Å². The molecule has 3 aliphatic rings. The van der Waals surface area contributed by atoms with Crippen molar-refractivity contribution in [2.75, 3.05) is 31.6 Å². The van der Waals surface area contributed by atoms with Crippen molar-refractivity contribution in [3.05, 3.63) is 18.6 Å². The zero-order valence-corrected chi connectivity index (χ0v) is 14.1. The molecule has 3 saturated heterocycles. The van der Waals surface area contributed by atoms with Crippen LogP contribution in [-0.2, 0) is 9.53 Å². The van der Waals surface area contributed by atoms with E-state index in [1.807, 2.05) is 9.80 Å². The normalized spacial score (nSPS) is 28.7. The molecular formula is C17H23N5O3. The Balaban J connectivity index is 1.47. The van der Waals surface area contributed by atoms with Crippen LogP contribution in [0.1, 0.15) is 25.7 Å². The van der Waals surface area contributed by atoms with Crippen molar-refractivity contribution in [3.63, 3.8) is 0 Å². The second-order valence-electron chi connectivity index (χ2n) is 6.91. The number of urea groups is 1. The summed E-state index contributed by atoms with van der Waals surface area (Å²) in [5, 5.41) is 2.80. The quantitative estimate of drug-likeness (QED) is 0.867. The first-order chi connectivity index (χ1) is 12.2. The van der Waals surface area contributed by atoms with Gasteiger partial charge < -0.3 is 19.9 Å². The maximum absolute atomic E-state index is 12.9. The topological polar surface area (TPSA) is 87.7 Å². The molecule has 25 heavy (non-hydrogen) atoms. The largest absolute Gasteiger partial charge is 0.376 e. The van der Waals surface area contributed by atoms with Crippen LogP contribution in [0, 0.1) is 5.92 Å². The molecule has 8 heteroatoms. The van der Waals surface area contributed by atoms with Crippen LogP contribution >= 0.6 is 0 Å². The third kappa shape index (κ3) is 3.30. The summed E-state index contributed by atoms with van der Waals surface area (Å²) in [4.78, 5) is 37.4. The van der Waals surface area contributed by atoms with Gasteiger partial charge in [-0.3, -0.25) is 9.78 Å². The van der Waals surface area contributed by atoms with Gasteiger partial charge in [0, 0.05) is 38.6 Å². The van der Waals surface area contributed by atoms with E-state index in [9.17, 15) is 9.59 Å². The molecule has 0 aromatic carbocycles. The van der Waals surface area contributed by atoms with E-state index in [1.165, 1.54) is 12.4 Å². The molecular weight excluding hydrogens is 322 g/mol. The molecule has 4 rings (SSSR count). The molecule has 134 valence electrons. The third-order valence-corrected chi connectivity index (χ3v) is 5.32. The molecule has 3 amide bonds. The second-order valence-corrected chi connectivity index (χ2v) is 6.91. The number of carbonyl (C=O) groups excluding carboxylic acids is 2. The summed E-state index contributed by atoms with van der Waals surface area (Å²) in [5.41, 5.74) is 0. The van der Waals surface area contributed by atoms with E-state index in [0.717, 1.165) is 32.4 Å². The van der Waals surface area contributed by atoms with Crippen molar-refractivity contribution < 1.29 is 14.3 Å². The zero-order valence-electron chi connectivity index (χ0n) is 14.1. The van der Waals surface area contributed by atoms with Crippen LogP contribution in [0.2, 0.25) is 0 Å². The summed E-state index contributed by atoms with van der Waals surface area (Å²) < 4.78 is 5.81. The summed E-state index contributed by atoms with van der Waals surface area (Å²) >= 11 is 0. The molecule has 0 spiro atoms. The van der Waals surface area contributed by atoms with Gasteiger partial charge >= 0.3 is 6.03 Å². The fraction of sp³-hybridized carbons (Fsp3) is 0.647. The zero-order chi connectivity index (χ0) is 17.2. The summed E-state index contributed by atoms with van der Waals surface area (Å²) in [6.45, 7) is 2.71. The first kappa shape index (κ1) is 16.3. The predicted molar refractivity (Wildman–Crippen MR) is 89.8 cm³/mol. The Hall–Kier alpha value is -2.22. The molecule has 0 aliphatic carbocycles. The summed E-state index contributed by atoms with van der Waals surface area (Å²) in [5.74, 6) is 0.000893. The molecule has 0 bridgehead atoms. The molecule has 3 atom stereocenters. The fourth-order valence-corrected chi connectivity index (χ4v) is 4.04. The number of aromatic nitrogens is 2. The molecule has 4 heterocycles. The Morgan fingerprint density at radius 3 is 2.84 bits per heavy atom. The Kier molecular flexibility index (Phi) is 4.52. The number of likely N-dealkylation sites (tertiary alicyclic amines) is 2. The average Bonchev–Trinajstić information content (AvgIpc) is 3.32. The number of rotatable bonds is 2. The van der Waals surface area contributed by atoms with Gasteiger partial charge in [-0.15, -0.1) is 0 Å². The molecule has 8 nitrogen and oxygen atoms in total. The standard InChI is InChI=1S/C17H23N5O3/c23-16(20-15-10-18-4-5-19-15)12-9-14-13(3-8-25-14)22(11-12)17(24)21-6-1-2-7-21/h4-5,10,12-14H,1-3,6-9,11H2,(H,19,20,23)/t12-,13-,14-/m1/s1. The lowest BCUT2D eigenvalue weighted by Gasteiger charge is -2.41. The summed E-state index contributed by atoms with van der Waals surface area (Å²) in [6, 6.07) is 0.142. The molecule has 0 saturated carbocycles. The molecule has 3 aliphatic heterocycles. The van der Waals surface area contributed by atoms with E-state index in [4.69, 9.17) is 4.74 Å². The van der Waals surface area contributed by atoms with Crippen molar-refractivity contribution >= 4 is 17.8 Å². The highest BCUT2D eigenvalue weighted by molar-refractivity contribution is 5.92. The van der Waals surface area contributed by atoms with Crippen LogP contribution in [0.5, 0.6) is 0 Å². The van der Waals surface area contributed by atoms with Crippen LogP contribution in [0.4, 0.5) is 10.6 Å². The van der Waals surface area contributed by atoms with Gasteiger partial charge in [-0.1, -0.05) is 0 Å². The predicted octanol–water partition coefficient (Wildman–Crippen LogP) is 1.11. The lowest BCUT2D eigenvalue weighted by atomic mass is 9.89. The lowest BCUT2D eigenvalue weighted by Crippen LogP contribution is -2.57. The maximum Gasteiger partial charge on any atom is 0.320 e. The number of hydrogen-bond donors (Lipinski definition) is 1. The first-order valence-electron chi connectivity index (χ1n) is 8.96. The van der Waals surface area contributed by atoms with Crippen LogP contribution in [0.25, 0.3) is 0 Å². The summed E-state index contributed by atoms with van der Waals surface area (Å²) in [7, 11) is 0. The lowest BCUT2D eigenvalue weighted by molar-refractivity contribution is -0.123.